The van der Waals surface area contributed by atoms with Crippen molar-refractivity contribution in [3.05, 3.63) is 52.8 Å². The van der Waals surface area contributed by atoms with Gasteiger partial charge < -0.3 is 14.7 Å². The van der Waals surface area contributed by atoms with E-state index in [2.05, 4.69) is 23.5 Å². The maximum Gasteiger partial charge on any atom is 0.341 e. The Bertz CT molecular complexity index is 1180. The van der Waals surface area contributed by atoms with Crippen molar-refractivity contribution in [2.45, 2.75) is 50.3 Å². The monoisotopic (exact) mass is 490 g/mol. The number of rotatable bonds is 11. The summed E-state index contributed by atoms with van der Waals surface area (Å²) in [6.07, 6.45) is 2.92. The fourth-order valence-electron chi connectivity index (χ4n) is 4.74. The molecule has 0 saturated heterocycles. The van der Waals surface area contributed by atoms with E-state index in [1.807, 2.05) is 0 Å². The van der Waals surface area contributed by atoms with Gasteiger partial charge in [-0.25, -0.2) is 17.6 Å². The number of aryl methyl sites for hydroxylation is 1. The molecule has 1 fully saturated rings. The molecule has 1 aliphatic heterocycles. The minimum atomic E-state index is -4.16. The van der Waals surface area contributed by atoms with Gasteiger partial charge in [0.25, 0.3) is 10.0 Å². The molecule has 2 N–H and O–H groups in total. The zero-order valence-electron chi connectivity index (χ0n) is 19.5. The highest BCUT2D eigenvalue weighted by molar-refractivity contribution is 7.92. The Hall–Kier alpha value is -2.65. The van der Waals surface area contributed by atoms with Gasteiger partial charge in [-0.2, -0.15) is 0 Å². The third-order valence-corrected chi connectivity index (χ3v) is 8.25. The van der Waals surface area contributed by atoms with Crippen molar-refractivity contribution in [2.24, 2.45) is 5.92 Å². The van der Waals surface area contributed by atoms with Crippen molar-refractivity contribution in [2.75, 3.05) is 31.0 Å². The zero-order chi connectivity index (χ0) is 24.5. The van der Waals surface area contributed by atoms with Gasteiger partial charge in [-0.15, -0.1) is 0 Å². The first-order valence-electron chi connectivity index (χ1n) is 11.8. The molecule has 9 heteroatoms. The second-order valence-corrected chi connectivity index (χ2v) is 10.6. The number of nitrogens with one attached hydrogen (secondary N) is 1. The smallest absolute Gasteiger partial charge is 0.341 e. The number of ether oxygens (including phenoxy) is 1. The molecular formula is C25H31FN2O5S. The molecule has 1 saturated carbocycles. The Kier molecular flexibility index (Phi) is 7.14. The summed E-state index contributed by atoms with van der Waals surface area (Å²) >= 11 is 0. The van der Waals surface area contributed by atoms with Crippen LogP contribution in [0.1, 0.15) is 60.5 Å². The molecule has 34 heavy (non-hydrogen) atoms. The van der Waals surface area contributed by atoms with E-state index in [9.17, 15) is 22.7 Å². The van der Waals surface area contributed by atoms with E-state index in [0.29, 0.717) is 30.9 Å². The van der Waals surface area contributed by atoms with Crippen LogP contribution in [-0.2, 0) is 16.4 Å². The molecule has 0 unspecified atom stereocenters. The highest BCUT2D eigenvalue weighted by Crippen LogP contribution is 2.55. The molecule has 2 aromatic rings. The van der Waals surface area contributed by atoms with Crippen LogP contribution in [-0.4, -0.2) is 50.6 Å². The van der Waals surface area contributed by atoms with Gasteiger partial charge in [0.15, 0.2) is 0 Å². The van der Waals surface area contributed by atoms with Crippen LogP contribution >= 0.6 is 0 Å². The van der Waals surface area contributed by atoms with Crippen LogP contribution in [0.4, 0.5) is 10.1 Å². The lowest BCUT2D eigenvalue weighted by Crippen LogP contribution is -2.24. The van der Waals surface area contributed by atoms with Crippen LogP contribution in [0.3, 0.4) is 0 Å². The van der Waals surface area contributed by atoms with Crippen molar-refractivity contribution < 1.29 is 27.4 Å². The molecule has 0 bridgehead atoms. The Morgan fingerprint density at radius 2 is 1.97 bits per heavy atom. The maximum absolute atomic E-state index is 14.0. The number of sulfonamides is 1. The molecule has 184 valence electrons. The number of carboxylic acid groups (broad SMARTS) is 1. The summed E-state index contributed by atoms with van der Waals surface area (Å²) in [6.45, 7) is 7.39. The van der Waals surface area contributed by atoms with Crippen molar-refractivity contribution >= 4 is 21.7 Å². The molecule has 2 atom stereocenters. The molecule has 0 radical (unpaired) electrons. The van der Waals surface area contributed by atoms with Gasteiger partial charge in [0, 0.05) is 5.92 Å². The molecule has 1 aliphatic carbocycles. The number of unbranched alkanes of at least 4 members (excludes halogenated alkanes) is 1. The second kappa shape index (κ2) is 9.92. The number of fused-ring (bicyclic) bond motifs is 3. The van der Waals surface area contributed by atoms with Gasteiger partial charge >= 0.3 is 5.97 Å². The van der Waals surface area contributed by atoms with E-state index < -0.39 is 21.8 Å². The number of carboxylic acids is 1. The van der Waals surface area contributed by atoms with E-state index in [-0.39, 0.29) is 27.8 Å². The summed E-state index contributed by atoms with van der Waals surface area (Å²) in [5.41, 5.74) is 0.947. The van der Waals surface area contributed by atoms with Gasteiger partial charge in [0.05, 0.1) is 17.2 Å². The Balaban J connectivity index is 1.58. The van der Waals surface area contributed by atoms with Crippen molar-refractivity contribution in [1.29, 1.82) is 0 Å². The van der Waals surface area contributed by atoms with Crippen molar-refractivity contribution in [3.63, 3.8) is 0 Å². The van der Waals surface area contributed by atoms with Crippen LogP contribution < -0.4 is 9.46 Å². The molecule has 7 nitrogen and oxygen atoms in total. The lowest BCUT2D eigenvalue weighted by molar-refractivity contribution is 0.0692. The van der Waals surface area contributed by atoms with Crippen LogP contribution in [0.5, 0.6) is 5.75 Å². The van der Waals surface area contributed by atoms with E-state index in [0.717, 1.165) is 44.1 Å². The van der Waals surface area contributed by atoms with Crippen LogP contribution in [0.25, 0.3) is 0 Å². The number of anilines is 1. The highest BCUT2D eigenvalue weighted by atomic mass is 32.2. The number of hydrogen-bond acceptors (Lipinski definition) is 5. The van der Waals surface area contributed by atoms with E-state index >= 15 is 0 Å². The first-order chi connectivity index (χ1) is 16.2. The number of benzene rings is 2. The Morgan fingerprint density at radius 1 is 1.21 bits per heavy atom. The number of nitrogens with zero attached hydrogens (tertiary/aromatic N) is 1. The van der Waals surface area contributed by atoms with E-state index in [1.54, 1.807) is 6.07 Å². The van der Waals surface area contributed by atoms with E-state index in [1.165, 1.54) is 18.2 Å². The third kappa shape index (κ3) is 5.05. The minimum absolute atomic E-state index is 0.0472. The quantitative estimate of drug-likeness (QED) is 0.451. The fraction of sp³-hybridized carbons (Fsp3) is 0.480. The zero-order valence-corrected chi connectivity index (χ0v) is 20.3. The van der Waals surface area contributed by atoms with Gasteiger partial charge in [-0.3, -0.25) is 4.72 Å². The lowest BCUT2D eigenvalue weighted by Gasteiger charge is -2.21. The summed E-state index contributed by atoms with van der Waals surface area (Å²) in [7, 11) is -4.16. The summed E-state index contributed by atoms with van der Waals surface area (Å²) < 4.78 is 48.7. The van der Waals surface area contributed by atoms with Gasteiger partial charge in [-0.1, -0.05) is 19.9 Å². The van der Waals surface area contributed by atoms with E-state index in [4.69, 9.17) is 4.74 Å². The van der Waals surface area contributed by atoms with Crippen LogP contribution in [0.15, 0.2) is 35.2 Å². The second-order valence-electron chi connectivity index (χ2n) is 8.97. The lowest BCUT2D eigenvalue weighted by atomic mass is 10.0. The summed E-state index contributed by atoms with van der Waals surface area (Å²) in [5, 5.41) is 9.84. The average Bonchev–Trinajstić information content (AvgIpc) is 3.58. The third-order valence-electron chi connectivity index (χ3n) is 6.79. The first kappa shape index (κ1) is 24.5. The number of halogens is 1. The topological polar surface area (TPSA) is 95.9 Å². The van der Waals surface area contributed by atoms with Crippen molar-refractivity contribution in [1.82, 2.24) is 4.90 Å². The predicted molar refractivity (Wildman–Crippen MR) is 128 cm³/mol. The van der Waals surface area contributed by atoms with Crippen LogP contribution in [0, 0.1) is 11.7 Å². The Morgan fingerprint density at radius 3 is 2.68 bits per heavy atom. The Labute approximate surface area is 200 Å². The normalized spacial score (nSPS) is 18.7. The molecular weight excluding hydrogens is 459 g/mol. The first-order valence-corrected chi connectivity index (χ1v) is 13.3. The number of aromatic carboxylic acids is 1. The standard InChI is InChI=1S/C25H31FN2O5S/c1-3-28(4-2)12-6-5-7-16-13-18(26)8-11-22(16)34(31,32)27-21-10-9-19-20-14-17(20)15-33-24(19)23(21)25(29)30/h8-11,13,17,20,27H,3-7,12,14-15H2,1-2H3,(H,29,30)/t17-,20-/m0/s1. The molecule has 1 heterocycles. The van der Waals surface area contributed by atoms with Gasteiger partial charge in [0.2, 0.25) is 0 Å². The van der Waals surface area contributed by atoms with Crippen molar-refractivity contribution in [3.8, 4) is 5.75 Å². The summed E-state index contributed by atoms with van der Waals surface area (Å²) in [5.74, 6) is -0.857. The average molecular weight is 491 g/mol. The summed E-state index contributed by atoms with van der Waals surface area (Å²) in [6, 6.07) is 6.81. The SMILES string of the molecule is CCN(CC)CCCCc1cc(F)ccc1S(=O)(=O)Nc1ccc2c(c1C(=O)O)OC[C@@H]1C[C@H]21. The maximum atomic E-state index is 14.0. The fourth-order valence-corrected chi connectivity index (χ4v) is 6.07. The molecule has 0 aromatic heterocycles. The van der Waals surface area contributed by atoms with Crippen LogP contribution in [0.2, 0.25) is 0 Å². The number of hydrogen-bond donors (Lipinski definition) is 2. The van der Waals surface area contributed by atoms with Gasteiger partial charge in [-0.05, 0) is 86.6 Å². The molecule has 0 amide bonds. The molecule has 4 rings (SSSR count). The molecule has 2 aromatic carbocycles. The molecule has 0 spiro atoms. The largest absolute Gasteiger partial charge is 0.492 e. The van der Waals surface area contributed by atoms with Gasteiger partial charge in [0.1, 0.15) is 17.1 Å². The summed E-state index contributed by atoms with van der Waals surface area (Å²) in [4.78, 5) is 14.3. The predicted octanol–water partition coefficient (Wildman–Crippen LogP) is 4.49. The minimum Gasteiger partial charge on any atom is -0.492 e. The number of carbonyl (C=O) groups is 1. The molecule has 2 aliphatic rings. The highest BCUT2D eigenvalue weighted by Gasteiger charge is 2.45.